The van der Waals surface area contributed by atoms with E-state index in [1.54, 1.807) is 0 Å². The van der Waals surface area contributed by atoms with Crippen LogP contribution < -0.4 is 35.3 Å². The molecule has 1 fully saturated rings. The Labute approximate surface area is 210 Å². The third kappa shape index (κ3) is 5.14. The van der Waals surface area contributed by atoms with Crippen LogP contribution in [0.3, 0.4) is 0 Å². The maximum absolute atomic E-state index is 13.0. The van der Waals surface area contributed by atoms with Crippen molar-refractivity contribution in [2.24, 2.45) is 5.73 Å². The maximum atomic E-state index is 13.0. The molecule has 2 aromatic rings. The molecule has 1 unspecified atom stereocenters. The fourth-order valence-corrected chi connectivity index (χ4v) is 4.89. The minimum Gasteiger partial charge on any atom is -0.479 e. The predicted molar refractivity (Wildman–Crippen MR) is 137 cm³/mol. The van der Waals surface area contributed by atoms with Gasteiger partial charge in [0.1, 0.15) is 5.75 Å². The van der Waals surface area contributed by atoms with Gasteiger partial charge in [0, 0.05) is 19.1 Å². The number of nitrogens with zero attached hydrogens (tertiary/aromatic N) is 3. The Balaban J connectivity index is 1.49. The normalized spacial score (nSPS) is 17.8. The van der Waals surface area contributed by atoms with Gasteiger partial charge in [-0.05, 0) is 18.6 Å². The van der Waals surface area contributed by atoms with Crippen molar-refractivity contribution in [2.45, 2.75) is 38.7 Å². The summed E-state index contributed by atoms with van der Waals surface area (Å²) in [6.07, 6.45) is -0.269. The summed E-state index contributed by atoms with van der Waals surface area (Å²) < 4.78 is 22.2. The number of amides is 1. The predicted octanol–water partition coefficient (Wildman–Crippen LogP) is 1.32. The number of carbonyl (C=O) groups excluding carboxylic acids is 2. The van der Waals surface area contributed by atoms with Crippen molar-refractivity contribution in [3.63, 3.8) is 0 Å². The first-order valence-electron chi connectivity index (χ1n) is 11.5. The summed E-state index contributed by atoms with van der Waals surface area (Å²) in [7, 11) is 1.24. The van der Waals surface area contributed by atoms with E-state index in [4.69, 9.17) is 24.7 Å². The van der Waals surface area contributed by atoms with Crippen LogP contribution in [0.2, 0.25) is 19.6 Å². The highest BCUT2D eigenvalue weighted by Crippen LogP contribution is 2.35. The van der Waals surface area contributed by atoms with Crippen LogP contribution in [0.1, 0.15) is 5.56 Å². The Hall–Kier alpha value is -3.64. The second kappa shape index (κ2) is 9.78. The molecule has 1 saturated heterocycles. The topological polar surface area (TPSA) is 138 Å². The van der Waals surface area contributed by atoms with Crippen LogP contribution in [-0.2, 0) is 14.3 Å². The van der Waals surface area contributed by atoms with E-state index in [1.807, 2.05) is 24.0 Å². The molecule has 4 rings (SSSR count). The monoisotopic (exact) mass is 513 g/mol. The van der Waals surface area contributed by atoms with E-state index in [1.165, 1.54) is 25.5 Å². The molecule has 1 atom stereocenters. The van der Waals surface area contributed by atoms with E-state index in [0.717, 1.165) is 5.56 Å². The van der Waals surface area contributed by atoms with E-state index >= 15 is 0 Å². The third-order valence-corrected chi connectivity index (χ3v) is 7.96. The fraction of sp³-hybridized carbons (Fsp3) is 0.417. The number of ketones is 1. The molecular formula is C24H31N5O6Si. The van der Waals surface area contributed by atoms with Crippen LogP contribution in [0.15, 0.2) is 30.2 Å². The number of methoxy groups -OCH3 is 2. The summed E-state index contributed by atoms with van der Waals surface area (Å²) in [6, 6.07) is 6.06. The molecule has 1 aromatic carbocycles. The second-order valence-corrected chi connectivity index (χ2v) is 14.8. The summed E-state index contributed by atoms with van der Waals surface area (Å²) >= 11 is 0. The molecule has 2 aliphatic heterocycles. The average molecular weight is 514 g/mol. The molecule has 3 heterocycles. The van der Waals surface area contributed by atoms with Crippen LogP contribution in [0, 0.1) is 6.92 Å². The highest BCUT2D eigenvalue weighted by atomic mass is 28.3. The van der Waals surface area contributed by atoms with E-state index in [-0.39, 0.29) is 29.4 Å². The summed E-state index contributed by atoms with van der Waals surface area (Å²) in [4.78, 5) is 36.2. The molecule has 2 aliphatic rings. The van der Waals surface area contributed by atoms with Crippen LogP contribution in [0.5, 0.6) is 17.5 Å². The van der Waals surface area contributed by atoms with E-state index in [0.29, 0.717) is 24.8 Å². The van der Waals surface area contributed by atoms with Crippen molar-refractivity contribution < 1.29 is 28.5 Å². The van der Waals surface area contributed by atoms with Gasteiger partial charge in [-0.25, -0.2) is 0 Å². The van der Waals surface area contributed by atoms with Gasteiger partial charge in [-0.15, -0.1) is 0 Å². The zero-order valence-corrected chi connectivity index (χ0v) is 22.2. The Morgan fingerprint density at radius 3 is 2.36 bits per heavy atom. The standard InChI is InChI=1S/C24H31N5O6Si/c1-13-7-8-15(36(4,5)6)9-17(13)34-18-10-16(30)20(35-18)21(31)26-19-22(32-2)27-24(28-23(19)33-3)29-11-14(25)12-29/h7-10,14,20H,11-12,25H2,1-6H3,(H,26,31). The quantitative estimate of drug-likeness (QED) is 0.393. The lowest BCUT2D eigenvalue weighted by Crippen LogP contribution is -2.56. The Bertz CT molecular complexity index is 1200. The molecule has 36 heavy (non-hydrogen) atoms. The average Bonchev–Trinajstić information content (AvgIpc) is 3.17. The van der Waals surface area contributed by atoms with E-state index < -0.39 is 25.9 Å². The van der Waals surface area contributed by atoms with Gasteiger partial charge < -0.3 is 34.9 Å². The van der Waals surface area contributed by atoms with Gasteiger partial charge in [-0.1, -0.05) is 37.0 Å². The Morgan fingerprint density at radius 1 is 1.17 bits per heavy atom. The number of nitrogens with one attached hydrogen (secondary N) is 1. The fourth-order valence-electron chi connectivity index (χ4n) is 3.74. The number of nitrogens with two attached hydrogens (primary N) is 1. The minimum absolute atomic E-state index is 0.0428. The van der Waals surface area contributed by atoms with Gasteiger partial charge in [0.25, 0.3) is 11.9 Å². The molecule has 1 amide bonds. The number of ether oxygens (including phenoxy) is 4. The third-order valence-electron chi connectivity index (χ3n) is 5.91. The second-order valence-electron chi connectivity index (χ2n) is 9.77. The Kier molecular flexibility index (Phi) is 6.91. The molecule has 11 nitrogen and oxygen atoms in total. The first-order valence-corrected chi connectivity index (χ1v) is 15.0. The number of rotatable bonds is 8. The number of benzene rings is 1. The summed E-state index contributed by atoms with van der Waals surface area (Å²) in [5.74, 6) is -0.222. The zero-order chi connectivity index (χ0) is 26.2. The number of aromatic nitrogens is 2. The van der Waals surface area contributed by atoms with Crippen molar-refractivity contribution in [3.8, 4) is 17.5 Å². The highest BCUT2D eigenvalue weighted by Gasteiger charge is 2.37. The number of aryl methyl sites for hydroxylation is 1. The minimum atomic E-state index is -1.58. The lowest BCUT2D eigenvalue weighted by Gasteiger charge is -2.37. The van der Waals surface area contributed by atoms with Crippen LogP contribution in [0.25, 0.3) is 0 Å². The van der Waals surface area contributed by atoms with Crippen LogP contribution >= 0.6 is 0 Å². The largest absolute Gasteiger partial charge is 0.479 e. The van der Waals surface area contributed by atoms with Crippen molar-refractivity contribution in [1.82, 2.24) is 9.97 Å². The maximum Gasteiger partial charge on any atom is 0.289 e. The SMILES string of the molecule is COc1nc(N2CC(N)C2)nc(OC)c1NC(=O)C1OC(Oc2cc([Si](C)(C)C)ccc2C)=CC1=O. The highest BCUT2D eigenvalue weighted by molar-refractivity contribution is 6.88. The molecule has 12 heteroatoms. The van der Waals surface area contributed by atoms with Gasteiger partial charge in [0.15, 0.2) is 5.69 Å². The van der Waals surface area contributed by atoms with Crippen LogP contribution in [-0.4, -0.2) is 69.2 Å². The molecule has 0 radical (unpaired) electrons. The number of carbonyl (C=O) groups is 2. The zero-order valence-electron chi connectivity index (χ0n) is 21.2. The molecular weight excluding hydrogens is 482 g/mol. The molecule has 0 saturated carbocycles. The van der Waals surface area contributed by atoms with Crippen molar-refractivity contribution in [3.05, 3.63) is 35.8 Å². The van der Waals surface area contributed by atoms with Gasteiger partial charge in [-0.2, -0.15) is 9.97 Å². The van der Waals surface area contributed by atoms with Crippen molar-refractivity contribution in [1.29, 1.82) is 0 Å². The summed E-state index contributed by atoms with van der Waals surface area (Å²) in [6.45, 7) is 9.78. The van der Waals surface area contributed by atoms with Crippen molar-refractivity contribution >= 4 is 36.6 Å². The molecule has 0 spiro atoms. The van der Waals surface area contributed by atoms with Gasteiger partial charge >= 0.3 is 0 Å². The first-order chi connectivity index (χ1) is 17.0. The number of anilines is 2. The molecule has 0 bridgehead atoms. The van der Waals surface area contributed by atoms with Gasteiger partial charge in [-0.3, -0.25) is 9.59 Å². The summed E-state index contributed by atoms with van der Waals surface area (Å²) in [5.41, 5.74) is 6.82. The van der Waals surface area contributed by atoms with E-state index in [9.17, 15) is 9.59 Å². The Morgan fingerprint density at radius 2 is 1.81 bits per heavy atom. The van der Waals surface area contributed by atoms with E-state index in [2.05, 4.69) is 41.0 Å². The smallest absolute Gasteiger partial charge is 0.289 e. The lowest BCUT2D eigenvalue weighted by molar-refractivity contribution is -0.134. The molecule has 1 aromatic heterocycles. The van der Waals surface area contributed by atoms with Gasteiger partial charge in [0.2, 0.25) is 29.6 Å². The molecule has 192 valence electrons. The van der Waals surface area contributed by atoms with Crippen LogP contribution in [0.4, 0.5) is 11.6 Å². The van der Waals surface area contributed by atoms with Gasteiger partial charge in [0.05, 0.1) is 28.4 Å². The molecule has 3 N–H and O–H groups in total. The number of hydrogen-bond donors (Lipinski definition) is 2. The molecule has 0 aliphatic carbocycles. The lowest BCUT2D eigenvalue weighted by atomic mass is 10.1. The number of hydrogen-bond acceptors (Lipinski definition) is 10. The summed E-state index contributed by atoms with van der Waals surface area (Å²) in [5, 5.41) is 3.80. The first kappa shape index (κ1) is 25.4. The van der Waals surface area contributed by atoms with Crippen molar-refractivity contribution in [2.75, 3.05) is 37.5 Å².